The molecular weight excluding hydrogens is 252 g/mol. The Morgan fingerprint density at radius 1 is 1.30 bits per heavy atom. The summed E-state index contributed by atoms with van der Waals surface area (Å²) in [5, 5.41) is 1.67. The molecule has 3 rings (SSSR count). The van der Waals surface area contributed by atoms with Crippen molar-refractivity contribution in [3.63, 3.8) is 0 Å². The number of carbonyl (C=O) groups excluding carboxylic acids is 1. The average Bonchev–Trinajstić information content (AvgIpc) is 2.79. The van der Waals surface area contributed by atoms with Crippen LogP contribution in [0.5, 0.6) is 0 Å². The van der Waals surface area contributed by atoms with E-state index in [1.165, 1.54) is 25.8 Å². The number of hydrogen-bond donors (Lipinski definition) is 0. The molecule has 0 aromatic carbocycles. The van der Waals surface area contributed by atoms with Gasteiger partial charge in [-0.2, -0.15) is 0 Å². The van der Waals surface area contributed by atoms with Crippen molar-refractivity contribution < 1.29 is 9.63 Å². The number of rotatable bonds is 3. The lowest BCUT2D eigenvalue weighted by Crippen LogP contribution is -2.53. The second-order valence-electron chi connectivity index (χ2n) is 6.55. The summed E-state index contributed by atoms with van der Waals surface area (Å²) in [6, 6.07) is 0. The minimum atomic E-state index is -0.00516. The van der Waals surface area contributed by atoms with Gasteiger partial charge in [-0.15, -0.1) is 0 Å². The van der Waals surface area contributed by atoms with Crippen LogP contribution in [0, 0.1) is 5.92 Å². The first-order chi connectivity index (χ1) is 9.73. The van der Waals surface area contributed by atoms with Crippen LogP contribution in [0.15, 0.2) is 12.2 Å². The molecule has 0 saturated carbocycles. The van der Waals surface area contributed by atoms with Crippen molar-refractivity contribution in [2.45, 2.75) is 50.5 Å². The molecule has 2 saturated heterocycles. The normalized spacial score (nSPS) is 30.4. The Bertz CT molecular complexity index is 386. The van der Waals surface area contributed by atoms with Crippen LogP contribution in [0.3, 0.4) is 0 Å². The molecule has 1 unspecified atom stereocenters. The Kier molecular flexibility index (Phi) is 4.13. The lowest BCUT2D eigenvalue weighted by atomic mass is 9.85. The SMILES string of the molecule is CON1C(=O)CCC12CCN(CC1CC=CCC1)CC2. The van der Waals surface area contributed by atoms with Gasteiger partial charge in [-0.25, -0.2) is 5.06 Å². The third-order valence-electron chi connectivity index (χ3n) is 5.32. The van der Waals surface area contributed by atoms with E-state index in [4.69, 9.17) is 4.84 Å². The number of carbonyl (C=O) groups is 1. The molecule has 1 spiro atoms. The number of hydroxylamine groups is 2. The van der Waals surface area contributed by atoms with Gasteiger partial charge in [-0.05, 0) is 44.4 Å². The van der Waals surface area contributed by atoms with E-state index in [1.807, 2.05) is 0 Å². The minimum absolute atomic E-state index is 0.00516. The maximum Gasteiger partial charge on any atom is 0.246 e. The summed E-state index contributed by atoms with van der Waals surface area (Å²) in [6.07, 6.45) is 12.2. The highest BCUT2D eigenvalue weighted by Gasteiger charge is 2.47. The molecule has 3 aliphatic rings. The van der Waals surface area contributed by atoms with Crippen molar-refractivity contribution in [2.24, 2.45) is 5.92 Å². The molecule has 4 nitrogen and oxygen atoms in total. The molecule has 2 aliphatic heterocycles. The zero-order valence-corrected chi connectivity index (χ0v) is 12.5. The molecule has 2 fully saturated rings. The molecule has 0 radical (unpaired) electrons. The average molecular weight is 278 g/mol. The highest BCUT2D eigenvalue weighted by molar-refractivity contribution is 5.78. The van der Waals surface area contributed by atoms with Gasteiger partial charge in [-0.3, -0.25) is 9.63 Å². The second-order valence-corrected chi connectivity index (χ2v) is 6.55. The minimum Gasteiger partial charge on any atom is -0.303 e. The Morgan fingerprint density at radius 3 is 2.75 bits per heavy atom. The van der Waals surface area contributed by atoms with Crippen LogP contribution >= 0.6 is 0 Å². The summed E-state index contributed by atoms with van der Waals surface area (Å²) in [6.45, 7) is 3.43. The van der Waals surface area contributed by atoms with E-state index in [-0.39, 0.29) is 11.4 Å². The summed E-state index contributed by atoms with van der Waals surface area (Å²) in [4.78, 5) is 19.8. The number of piperidine rings is 1. The molecule has 1 aliphatic carbocycles. The lowest BCUT2D eigenvalue weighted by molar-refractivity contribution is -0.202. The third-order valence-corrected chi connectivity index (χ3v) is 5.32. The molecule has 4 heteroatoms. The largest absolute Gasteiger partial charge is 0.303 e. The quantitative estimate of drug-likeness (QED) is 0.743. The van der Waals surface area contributed by atoms with E-state index in [9.17, 15) is 4.79 Å². The van der Waals surface area contributed by atoms with Gasteiger partial charge < -0.3 is 4.90 Å². The van der Waals surface area contributed by atoms with E-state index in [2.05, 4.69) is 17.1 Å². The molecule has 112 valence electrons. The topological polar surface area (TPSA) is 32.8 Å². The molecule has 0 aromatic rings. The van der Waals surface area contributed by atoms with Crippen LogP contribution in [0.2, 0.25) is 0 Å². The van der Waals surface area contributed by atoms with Gasteiger partial charge >= 0.3 is 0 Å². The van der Waals surface area contributed by atoms with Crippen molar-refractivity contribution >= 4 is 5.91 Å². The Hall–Kier alpha value is -0.870. The van der Waals surface area contributed by atoms with E-state index >= 15 is 0 Å². The number of amides is 1. The fourth-order valence-electron chi connectivity index (χ4n) is 4.09. The fraction of sp³-hybridized carbons (Fsp3) is 0.812. The van der Waals surface area contributed by atoms with Crippen molar-refractivity contribution in [3.05, 3.63) is 12.2 Å². The predicted octanol–water partition coefficient (Wildman–Crippen LogP) is 2.36. The highest BCUT2D eigenvalue weighted by atomic mass is 16.7. The van der Waals surface area contributed by atoms with Gasteiger partial charge in [0.15, 0.2) is 0 Å². The molecule has 2 heterocycles. The van der Waals surface area contributed by atoms with Gasteiger partial charge in [-0.1, -0.05) is 12.2 Å². The Morgan fingerprint density at radius 2 is 2.10 bits per heavy atom. The summed E-state index contributed by atoms with van der Waals surface area (Å²) < 4.78 is 0. The third kappa shape index (κ3) is 2.63. The first-order valence-corrected chi connectivity index (χ1v) is 7.98. The van der Waals surface area contributed by atoms with E-state index in [1.54, 1.807) is 12.2 Å². The zero-order valence-electron chi connectivity index (χ0n) is 12.5. The predicted molar refractivity (Wildman–Crippen MR) is 78.0 cm³/mol. The smallest absolute Gasteiger partial charge is 0.246 e. The van der Waals surface area contributed by atoms with Gasteiger partial charge in [0.05, 0.1) is 12.6 Å². The van der Waals surface area contributed by atoms with Crippen molar-refractivity contribution in [1.29, 1.82) is 0 Å². The van der Waals surface area contributed by atoms with Gasteiger partial charge in [0.1, 0.15) is 0 Å². The summed E-state index contributed by atoms with van der Waals surface area (Å²) >= 11 is 0. The fourth-order valence-corrected chi connectivity index (χ4v) is 4.09. The van der Waals surface area contributed by atoms with Crippen LogP contribution in [0.4, 0.5) is 0 Å². The van der Waals surface area contributed by atoms with Crippen molar-refractivity contribution in [2.75, 3.05) is 26.7 Å². The molecule has 0 bridgehead atoms. The van der Waals surface area contributed by atoms with E-state index in [0.29, 0.717) is 6.42 Å². The summed E-state index contributed by atoms with van der Waals surface area (Å²) in [5.41, 5.74) is -0.00516. The standard InChI is InChI=1S/C16H26N2O2/c1-20-18-15(19)7-8-16(18)9-11-17(12-10-16)13-14-5-3-2-4-6-14/h2-3,14H,4-13H2,1H3. The van der Waals surface area contributed by atoms with E-state index < -0.39 is 0 Å². The number of nitrogens with zero attached hydrogens (tertiary/aromatic N) is 2. The van der Waals surface area contributed by atoms with Crippen LogP contribution in [0.25, 0.3) is 0 Å². The molecule has 1 amide bonds. The van der Waals surface area contributed by atoms with Gasteiger partial charge in [0.25, 0.3) is 0 Å². The number of hydrogen-bond acceptors (Lipinski definition) is 3. The summed E-state index contributed by atoms with van der Waals surface area (Å²) in [5.74, 6) is 0.996. The van der Waals surface area contributed by atoms with Crippen LogP contribution < -0.4 is 0 Å². The monoisotopic (exact) mass is 278 g/mol. The maximum atomic E-state index is 11.9. The number of allylic oxidation sites excluding steroid dienone is 2. The first-order valence-electron chi connectivity index (χ1n) is 7.98. The molecular formula is C16H26N2O2. The van der Waals surface area contributed by atoms with Crippen molar-refractivity contribution in [3.8, 4) is 0 Å². The summed E-state index contributed by atoms with van der Waals surface area (Å²) in [7, 11) is 1.63. The number of likely N-dealkylation sites (tertiary alicyclic amines) is 1. The Balaban J connectivity index is 1.54. The maximum absolute atomic E-state index is 11.9. The molecule has 0 N–H and O–H groups in total. The highest BCUT2D eigenvalue weighted by Crippen LogP contribution is 2.39. The second kappa shape index (κ2) is 5.86. The molecule has 1 atom stereocenters. The van der Waals surface area contributed by atoms with Crippen LogP contribution in [-0.2, 0) is 9.63 Å². The molecule has 0 aromatic heterocycles. The van der Waals surface area contributed by atoms with Crippen LogP contribution in [0.1, 0.15) is 44.9 Å². The lowest BCUT2D eigenvalue weighted by Gasteiger charge is -2.44. The molecule has 20 heavy (non-hydrogen) atoms. The van der Waals surface area contributed by atoms with Crippen molar-refractivity contribution in [1.82, 2.24) is 9.96 Å². The van der Waals surface area contributed by atoms with E-state index in [0.717, 1.165) is 38.3 Å². The Labute approximate surface area is 121 Å². The van der Waals surface area contributed by atoms with Gasteiger partial charge in [0, 0.05) is 26.1 Å². The van der Waals surface area contributed by atoms with Crippen LogP contribution in [-0.4, -0.2) is 48.2 Å². The van der Waals surface area contributed by atoms with Gasteiger partial charge in [0.2, 0.25) is 5.91 Å². The zero-order chi connectivity index (χ0) is 14.0. The first kappa shape index (κ1) is 14.1.